The first-order valence-electron chi connectivity index (χ1n) is 9.75. The molecule has 5 rings (SSSR count). The molecular weight excluding hydrogens is 387 g/mol. The predicted molar refractivity (Wildman–Crippen MR) is 108 cm³/mol. The summed E-state index contributed by atoms with van der Waals surface area (Å²) >= 11 is 0. The lowest BCUT2D eigenvalue weighted by Gasteiger charge is -2.18. The van der Waals surface area contributed by atoms with Crippen LogP contribution < -0.4 is 4.90 Å². The smallest absolute Gasteiger partial charge is 0.325 e. The molecule has 0 spiro atoms. The molecule has 0 aliphatic carbocycles. The number of hydrogen-bond acceptors (Lipinski definition) is 5. The van der Waals surface area contributed by atoms with Gasteiger partial charge in [0, 0.05) is 24.9 Å². The summed E-state index contributed by atoms with van der Waals surface area (Å²) in [6.07, 6.45) is 2.32. The minimum Gasteiger partial charge on any atom is -0.423 e. The number of carbonyl (C=O) groups is 1. The van der Waals surface area contributed by atoms with Crippen LogP contribution >= 0.6 is 0 Å². The van der Waals surface area contributed by atoms with E-state index in [1.165, 1.54) is 6.07 Å². The highest BCUT2D eigenvalue weighted by atomic mass is 19.1. The number of urea groups is 1. The SMILES string of the molecule is CCc1nnc(CN2CCN(c3cccc4c3cnn4-c3ccccc3F)C2=O)o1. The first kappa shape index (κ1) is 18.3. The lowest BCUT2D eigenvalue weighted by atomic mass is 10.2. The van der Waals surface area contributed by atoms with Gasteiger partial charge in [-0.2, -0.15) is 5.10 Å². The molecule has 2 aromatic carbocycles. The minimum atomic E-state index is -0.359. The molecule has 2 amide bonds. The third-order valence-corrected chi connectivity index (χ3v) is 5.19. The van der Waals surface area contributed by atoms with Gasteiger partial charge in [-0.3, -0.25) is 4.90 Å². The first-order chi connectivity index (χ1) is 14.7. The second-order valence-corrected chi connectivity index (χ2v) is 7.02. The van der Waals surface area contributed by atoms with E-state index in [4.69, 9.17) is 4.42 Å². The van der Waals surface area contributed by atoms with E-state index >= 15 is 0 Å². The van der Waals surface area contributed by atoms with Crippen LogP contribution in [0.25, 0.3) is 16.6 Å². The number of nitrogens with zero attached hydrogens (tertiary/aromatic N) is 6. The molecule has 30 heavy (non-hydrogen) atoms. The minimum absolute atomic E-state index is 0.141. The Labute approximate surface area is 171 Å². The summed E-state index contributed by atoms with van der Waals surface area (Å²) in [5.74, 6) is 0.619. The summed E-state index contributed by atoms with van der Waals surface area (Å²) in [7, 11) is 0. The summed E-state index contributed by atoms with van der Waals surface area (Å²) in [6.45, 7) is 3.27. The van der Waals surface area contributed by atoms with Crippen LogP contribution in [0.3, 0.4) is 0 Å². The van der Waals surface area contributed by atoms with Crippen molar-refractivity contribution in [2.24, 2.45) is 0 Å². The van der Waals surface area contributed by atoms with Crippen LogP contribution in [0.5, 0.6) is 0 Å². The Kier molecular flexibility index (Phi) is 4.42. The molecule has 4 aromatic rings. The molecule has 9 heteroatoms. The van der Waals surface area contributed by atoms with Gasteiger partial charge in [0.2, 0.25) is 11.8 Å². The highest BCUT2D eigenvalue weighted by Gasteiger charge is 2.32. The number of fused-ring (bicyclic) bond motifs is 1. The fraction of sp³-hybridized carbons (Fsp3) is 0.238. The Hall–Kier alpha value is -3.75. The summed E-state index contributed by atoms with van der Waals surface area (Å²) in [4.78, 5) is 16.4. The van der Waals surface area contributed by atoms with E-state index in [1.54, 1.807) is 38.9 Å². The Morgan fingerprint density at radius 3 is 2.63 bits per heavy atom. The number of aryl methyl sites for hydroxylation is 1. The molecule has 2 aromatic heterocycles. The lowest BCUT2D eigenvalue weighted by molar-refractivity contribution is 0.213. The Morgan fingerprint density at radius 1 is 1.03 bits per heavy atom. The number of rotatable bonds is 5. The molecule has 1 fully saturated rings. The number of halogens is 1. The highest BCUT2D eigenvalue weighted by Crippen LogP contribution is 2.31. The van der Waals surface area contributed by atoms with Crippen molar-refractivity contribution in [3.05, 3.63) is 66.3 Å². The topological polar surface area (TPSA) is 80.3 Å². The molecular formula is C21H19FN6O2. The largest absolute Gasteiger partial charge is 0.423 e. The fourth-order valence-corrected chi connectivity index (χ4v) is 3.70. The molecule has 0 atom stereocenters. The summed E-state index contributed by atoms with van der Waals surface area (Å²) in [5.41, 5.74) is 1.83. The number of carbonyl (C=O) groups excluding carboxylic acids is 1. The molecule has 152 valence electrons. The van der Waals surface area contributed by atoms with E-state index < -0.39 is 0 Å². The molecule has 0 radical (unpaired) electrons. The maximum absolute atomic E-state index is 14.3. The van der Waals surface area contributed by atoms with E-state index in [0.717, 1.165) is 16.6 Å². The molecule has 1 aliphatic rings. The van der Waals surface area contributed by atoms with Gasteiger partial charge in [-0.1, -0.05) is 25.1 Å². The average molecular weight is 406 g/mol. The van der Waals surface area contributed by atoms with Crippen LogP contribution in [-0.2, 0) is 13.0 Å². The molecule has 1 aliphatic heterocycles. The van der Waals surface area contributed by atoms with Gasteiger partial charge >= 0.3 is 6.03 Å². The standard InChI is InChI=1S/C21H19FN6O2/c1-2-19-24-25-20(30-19)13-26-10-11-27(21(26)29)16-8-5-9-17-14(16)12-23-28(17)18-7-4-3-6-15(18)22/h3-9,12H,2,10-11,13H2,1H3. The molecule has 0 unspecified atom stereocenters. The fourth-order valence-electron chi connectivity index (χ4n) is 3.70. The van der Waals surface area contributed by atoms with E-state index in [9.17, 15) is 9.18 Å². The number of benzene rings is 2. The second kappa shape index (κ2) is 7.25. The van der Waals surface area contributed by atoms with E-state index in [-0.39, 0.29) is 18.4 Å². The molecule has 0 N–H and O–H groups in total. The van der Waals surface area contributed by atoms with Gasteiger partial charge in [0.1, 0.15) is 18.0 Å². The predicted octanol–water partition coefficient (Wildman–Crippen LogP) is 3.55. The molecule has 1 saturated heterocycles. The van der Waals surface area contributed by atoms with Crippen molar-refractivity contribution in [3.63, 3.8) is 0 Å². The van der Waals surface area contributed by atoms with E-state index in [1.807, 2.05) is 25.1 Å². The summed E-state index contributed by atoms with van der Waals surface area (Å²) in [6, 6.07) is 11.9. The number of para-hydroxylation sites is 1. The Morgan fingerprint density at radius 2 is 1.83 bits per heavy atom. The third-order valence-electron chi connectivity index (χ3n) is 5.19. The van der Waals surface area contributed by atoms with Gasteiger partial charge in [0.05, 0.1) is 17.4 Å². The average Bonchev–Trinajstić information content (AvgIpc) is 3.48. The highest BCUT2D eigenvalue weighted by molar-refractivity contribution is 6.03. The lowest BCUT2D eigenvalue weighted by Crippen LogP contribution is -2.31. The maximum Gasteiger partial charge on any atom is 0.325 e. The van der Waals surface area contributed by atoms with Gasteiger partial charge in [0.25, 0.3) is 0 Å². The second-order valence-electron chi connectivity index (χ2n) is 7.02. The molecule has 0 bridgehead atoms. The van der Waals surface area contributed by atoms with Gasteiger partial charge in [-0.15, -0.1) is 10.2 Å². The number of hydrogen-bond donors (Lipinski definition) is 0. The number of aromatic nitrogens is 4. The van der Waals surface area contributed by atoms with Crippen molar-refractivity contribution in [1.29, 1.82) is 0 Å². The van der Waals surface area contributed by atoms with Crippen molar-refractivity contribution in [3.8, 4) is 5.69 Å². The number of amides is 2. The first-order valence-corrected chi connectivity index (χ1v) is 9.75. The van der Waals surface area contributed by atoms with Crippen LogP contribution in [0.1, 0.15) is 18.7 Å². The third kappa shape index (κ3) is 2.99. The van der Waals surface area contributed by atoms with Crippen molar-refractivity contribution >= 4 is 22.6 Å². The van der Waals surface area contributed by atoms with Crippen LogP contribution in [0, 0.1) is 5.82 Å². The van der Waals surface area contributed by atoms with Crippen molar-refractivity contribution in [2.75, 3.05) is 18.0 Å². The van der Waals surface area contributed by atoms with Crippen molar-refractivity contribution in [1.82, 2.24) is 24.9 Å². The summed E-state index contributed by atoms with van der Waals surface area (Å²) in [5, 5.41) is 13.1. The van der Waals surface area contributed by atoms with Gasteiger partial charge in [0.15, 0.2) is 0 Å². The normalized spacial score (nSPS) is 14.3. The van der Waals surface area contributed by atoms with Crippen LogP contribution in [0.4, 0.5) is 14.9 Å². The van der Waals surface area contributed by atoms with Gasteiger partial charge in [-0.25, -0.2) is 13.9 Å². The van der Waals surface area contributed by atoms with Gasteiger partial charge in [-0.05, 0) is 24.3 Å². The molecule has 0 saturated carbocycles. The van der Waals surface area contributed by atoms with Crippen LogP contribution in [0.2, 0.25) is 0 Å². The summed E-state index contributed by atoms with van der Waals surface area (Å²) < 4.78 is 21.4. The molecule has 8 nitrogen and oxygen atoms in total. The monoisotopic (exact) mass is 406 g/mol. The zero-order valence-electron chi connectivity index (χ0n) is 16.3. The Balaban J connectivity index is 1.45. The number of anilines is 1. The quantitative estimate of drug-likeness (QED) is 0.506. The maximum atomic E-state index is 14.3. The zero-order chi connectivity index (χ0) is 20.7. The van der Waals surface area contributed by atoms with Crippen molar-refractivity contribution < 1.29 is 13.6 Å². The van der Waals surface area contributed by atoms with Crippen LogP contribution in [0.15, 0.2) is 53.1 Å². The van der Waals surface area contributed by atoms with Crippen molar-refractivity contribution in [2.45, 2.75) is 19.9 Å². The molecule has 3 heterocycles. The van der Waals surface area contributed by atoms with E-state index in [0.29, 0.717) is 37.0 Å². The van der Waals surface area contributed by atoms with E-state index in [2.05, 4.69) is 15.3 Å². The van der Waals surface area contributed by atoms with Gasteiger partial charge < -0.3 is 9.32 Å². The zero-order valence-corrected chi connectivity index (χ0v) is 16.3. The van der Waals surface area contributed by atoms with Crippen LogP contribution in [-0.4, -0.2) is 44.0 Å². The Bertz CT molecular complexity index is 1230.